The van der Waals surface area contributed by atoms with Gasteiger partial charge in [0, 0.05) is 6.42 Å². The molecule has 0 N–H and O–H groups in total. The minimum absolute atomic E-state index is 0.188. The van der Waals surface area contributed by atoms with Crippen molar-refractivity contribution in [3.8, 4) is 0 Å². The fourth-order valence-corrected chi connectivity index (χ4v) is 4.01. The van der Waals surface area contributed by atoms with Crippen molar-refractivity contribution < 1.29 is 4.79 Å². The summed E-state index contributed by atoms with van der Waals surface area (Å²) >= 11 is 0. The highest BCUT2D eigenvalue weighted by Crippen LogP contribution is 2.51. The molecule has 0 spiro atoms. The SMILES string of the molecule is C=C1CC[C@@H]2C/C=C(\C)C(=O)CC/C(C)=C/CC/C(C)=C/C[C@@]12C. The Morgan fingerprint density at radius 2 is 1.71 bits per heavy atom. The Bertz CT molecular complexity index is 587. The molecule has 0 bridgehead atoms. The van der Waals surface area contributed by atoms with Crippen LogP contribution in [0.15, 0.2) is 47.1 Å². The summed E-state index contributed by atoms with van der Waals surface area (Å²) in [5.74, 6) is 0.923. The molecule has 0 radical (unpaired) electrons. The summed E-state index contributed by atoms with van der Waals surface area (Å²) in [6, 6.07) is 0. The van der Waals surface area contributed by atoms with Gasteiger partial charge >= 0.3 is 0 Å². The third-order valence-electron chi connectivity index (χ3n) is 6.30. The van der Waals surface area contributed by atoms with Crippen LogP contribution in [-0.2, 0) is 4.79 Å². The Kier molecular flexibility index (Phi) is 6.43. The molecule has 2 aliphatic rings. The van der Waals surface area contributed by atoms with Crippen LogP contribution in [0.4, 0.5) is 0 Å². The zero-order valence-corrected chi connectivity index (χ0v) is 16.1. The van der Waals surface area contributed by atoms with Crippen LogP contribution in [0.5, 0.6) is 0 Å². The largest absolute Gasteiger partial charge is 0.295 e. The Morgan fingerprint density at radius 3 is 2.46 bits per heavy atom. The molecular formula is C23H34O. The normalized spacial score (nSPS) is 37.2. The second-order valence-electron chi connectivity index (χ2n) is 8.15. The number of rotatable bonds is 0. The highest BCUT2D eigenvalue weighted by molar-refractivity contribution is 5.94. The smallest absolute Gasteiger partial charge is 0.158 e. The van der Waals surface area contributed by atoms with Crippen LogP contribution >= 0.6 is 0 Å². The van der Waals surface area contributed by atoms with Gasteiger partial charge in [-0.2, -0.15) is 0 Å². The zero-order valence-electron chi connectivity index (χ0n) is 16.1. The average molecular weight is 327 g/mol. The Morgan fingerprint density at radius 1 is 1.00 bits per heavy atom. The molecule has 132 valence electrons. The van der Waals surface area contributed by atoms with Gasteiger partial charge in [-0.3, -0.25) is 4.79 Å². The number of ketones is 1. The summed E-state index contributed by atoms with van der Waals surface area (Å²) in [6.07, 6.45) is 15.1. The summed E-state index contributed by atoms with van der Waals surface area (Å²) in [6.45, 7) is 13.1. The van der Waals surface area contributed by atoms with Crippen LogP contribution in [0, 0.1) is 11.3 Å². The van der Waals surface area contributed by atoms with E-state index in [1.165, 1.54) is 23.1 Å². The molecule has 1 nitrogen and oxygen atoms in total. The van der Waals surface area contributed by atoms with Crippen molar-refractivity contribution >= 4 is 5.78 Å². The topological polar surface area (TPSA) is 17.1 Å². The first kappa shape index (κ1) is 19.0. The maximum absolute atomic E-state index is 12.4. The van der Waals surface area contributed by atoms with E-state index < -0.39 is 0 Å². The number of hydrogen-bond acceptors (Lipinski definition) is 1. The van der Waals surface area contributed by atoms with Crippen LogP contribution in [-0.4, -0.2) is 5.78 Å². The lowest BCUT2D eigenvalue weighted by molar-refractivity contribution is -0.115. The molecule has 24 heavy (non-hydrogen) atoms. The average Bonchev–Trinajstić information content (AvgIpc) is 2.83. The first-order valence-electron chi connectivity index (χ1n) is 9.52. The number of fused-ring (bicyclic) bond motifs is 1. The van der Waals surface area contributed by atoms with E-state index >= 15 is 0 Å². The fraction of sp³-hybridized carbons (Fsp3) is 0.609. The third-order valence-corrected chi connectivity index (χ3v) is 6.30. The standard InChI is InChI=1S/C23H34O/c1-17-7-6-8-18(2)15-16-23(5)20(4)11-13-21(23)12-10-19(3)22(24)14-9-17/h7,10,15,21H,4,6,8-9,11-14,16H2,1-3,5H3/b17-7+,18-15+,19-10+/t21-,23-/m0/s1. The van der Waals surface area contributed by atoms with Crippen LogP contribution in [0.1, 0.15) is 79.1 Å². The third kappa shape index (κ3) is 4.59. The second kappa shape index (κ2) is 8.14. The van der Waals surface area contributed by atoms with Crippen molar-refractivity contribution in [2.24, 2.45) is 11.3 Å². The van der Waals surface area contributed by atoms with E-state index in [1.54, 1.807) is 0 Å². The van der Waals surface area contributed by atoms with Crippen molar-refractivity contribution in [3.63, 3.8) is 0 Å². The molecular weight excluding hydrogens is 292 g/mol. The van der Waals surface area contributed by atoms with Gasteiger partial charge in [0.25, 0.3) is 0 Å². The summed E-state index contributed by atoms with van der Waals surface area (Å²) in [5, 5.41) is 0. The van der Waals surface area contributed by atoms with Crippen LogP contribution < -0.4 is 0 Å². The molecule has 2 aliphatic carbocycles. The van der Waals surface area contributed by atoms with Crippen molar-refractivity contribution in [1.29, 1.82) is 0 Å². The number of allylic oxidation sites excluding steroid dienone is 7. The first-order chi connectivity index (χ1) is 11.3. The van der Waals surface area contributed by atoms with E-state index in [-0.39, 0.29) is 5.41 Å². The lowest BCUT2D eigenvalue weighted by Gasteiger charge is -2.32. The van der Waals surface area contributed by atoms with Crippen LogP contribution in [0.3, 0.4) is 0 Å². The Hall–Kier alpha value is -1.37. The molecule has 0 unspecified atom stereocenters. The molecule has 0 aromatic carbocycles. The van der Waals surface area contributed by atoms with Gasteiger partial charge in [-0.25, -0.2) is 0 Å². The van der Waals surface area contributed by atoms with Gasteiger partial charge in [-0.15, -0.1) is 0 Å². The number of Topliss-reactive ketones (excluding diaryl/α,β-unsaturated/α-hetero) is 1. The second-order valence-corrected chi connectivity index (χ2v) is 8.15. The van der Waals surface area contributed by atoms with Crippen LogP contribution in [0.2, 0.25) is 0 Å². The monoisotopic (exact) mass is 326 g/mol. The molecule has 2 atom stereocenters. The zero-order chi connectivity index (χ0) is 17.7. The van der Waals surface area contributed by atoms with E-state index in [1.807, 2.05) is 6.92 Å². The van der Waals surface area contributed by atoms with E-state index in [2.05, 4.69) is 45.6 Å². The van der Waals surface area contributed by atoms with E-state index in [0.717, 1.165) is 44.1 Å². The first-order valence-corrected chi connectivity index (χ1v) is 9.52. The highest BCUT2D eigenvalue weighted by Gasteiger charge is 2.40. The molecule has 0 amide bonds. The van der Waals surface area contributed by atoms with Crippen molar-refractivity contribution in [2.45, 2.75) is 79.1 Å². The molecule has 1 fully saturated rings. The highest BCUT2D eigenvalue weighted by atomic mass is 16.1. The summed E-state index contributed by atoms with van der Waals surface area (Å²) < 4.78 is 0. The molecule has 0 aromatic rings. The van der Waals surface area contributed by atoms with Gasteiger partial charge in [0.15, 0.2) is 5.78 Å². The fourth-order valence-electron chi connectivity index (χ4n) is 4.01. The minimum atomic E-state index is 0.188. The number of carbonyl (C=O) groups excluding carboxylic acids is 1. The molecule has 0 aromatic heterocycles. The van der Waals surface area contributed by atoms with Crippen LogP contribution in [0.25, 0.3) is 0 Å². The van der Waals surface area contributed by atoms with Crippen molar-refractivity contribution in [3.05, 3.63) is 47.1 Å². The lowest BCUT2D eigenvalue weighted by atomic mass is 9.73. The molecule has 1 saturated carbocycles. The van der Waals surface area contributed by atoms with E-state index in [4.69, 9.17) is 0 Å². The van der Waals surface area contributed by atoms with E-state index in [0.29, 0.717) is 18.1 Å². The maximum Gasteiger partial charge on any atom is 0.158 e. The predicted molar refractivity (Wildman–Crippen MR) is 104 cm³/mol. The minimum Gasteiger partial charge on any atom is -0.295 e. The summed E-state index contributed by atoms with van der Waals surface area (Å²) in [4.78, 5) is 12.4. The Labute approximate surface area is 148 Å². The van der Waals surface area contributed by atoms with Crippen molar-refractivity contribution in [1.82, 2.24) is 0 Å². The number of carbonyl (C=O) groups is 1. The van der Waals surface area contributed by atoms with Gasteiger partial charge in [0.1, 0.15) is 0 Å². The molecule has 2 rings (SSSR count). The summed E-state index contributed by atoms with van der Waals surface area (Å²) in [5.41, 5.74) is 5.36. The van der Waals surface area contributed by atoms with Gasteiger partial charge in [-0.1, -0.05) is 48.5 Å². The Balaban J connectivity index is 2.25. The molecule has 0 heterocycles. The number of hydrogen-bond donors (Lipinski definition) is 0. The lowest BCUT2D eigenvalue weighted by Crippen LogP contribution is -2.22. The van der Waals surface area contributed by atoms with Crippen molar-refractivity contribution in [2.75, 3.05) is 0 Å². The predicted octanol–water partition coefficient (Wildman–Crippen LogP) is 6.72. The molecule has 0 aliphatic heterocycles. The molecule has 1 heteroatoms. The van der Waals surface area contributed by atoms with E-state index in [9.17, 15) is 4.79 Å². The van der Waals surface area contributed by atoms with Gasteiger partial charge in [-0.05, 0) is 82.6 Å². The summed E-state index contributed by atoms with van der Waals surface area (Å²) in [7, 11) is 0. The van der Waals surface area contributed by atoms with Gasteiger partial charge < -0.3 is 0 Å². The van der Waals surface area contributed by atoms with Gasteiger partial charge in [0.2, 0.25) is 0 Å². The maximum atomic E-state index is 12.4. The quantitative estimate of drug-likeness (QED) is 0.451. The molecule has 0 saturated heterocycles. The van der Waals surface area contributed by atoms with Gasteiger partial charge in [0.05, 0.1) is 0 Å².